The van der Waals surface area contributed by atoms with Gasteiger partial charge in [0.1, 0.15) is 11.5 Å². The van der Waals surface area contributed by atoms with Crippen molar-refractivity contribution in [2.24, 2.45) is 11.8 Å². The van der Waals surface area contributed by atoms with Crippen LogP contribution in [0.15, 0.2) is 36.4 Å². The summed E-state index contributed by atoms with van der Waals surface area (Å²) in [4.78, 5) is 23.7. The number of carboxylic acids is 1. The van der Waals surface area contributed by atoms with E-state index in [1.807, 2.05) is 0 Å². The fourth-order valence-electron chi connectivity index (χ4n) is 4.36. The first kappa shape index (κ1) is 24.4. The lowest BCUT2D eigenvalue weighted by Gasteiger charge is -2.26. The number of benzene rings is 1. The van der Waals surface area contributed by atoms with E-state index in [0.29, 0.717) is 53.8 Å². The molecule has 10 heteroatoms. The number of aromatic nitrogens is 3. The monoisotopic (exact) mass is 486 g/mol. The number of carbonyl (C=O) groups is 1. The Balaban J connectivity index is 1.75. The third-order valence-electron chi connectivity index (χ3n) is 6.15. The lowest BCUT2D eigenvalue weighted by Crippen LogP contribution is -2.24. The number of ether oxygens (including phenoxy) is 1. The maximum atomic E-state index is 13.6. The van der Waals surface area contributed by atoms with Crippen LogP contribution in [0, 0.1) is 24.6 Å². The highest BCUT2D eigenvalue weighted by molar-refractivity contribution is 5.85. The standard InChI is InChI=1S/C25H25F3N4O3/c1-13-10-17(11-19(30-13)22(27)28)20-21(15-6-8-18(26)9-7-15)31-25(29)32-23(20)35-12-14-2-4-16(5-3-14)24(33)34/h6-11,14,16,22H,2-5,12H2,1H3,(H,33,34)(H2,29,31,32)/t14-,16-. The maximum absolute atomic E-state index is 13.6. The number of rotatable bonds is 7. The number of alkyl halides is 2. The van der Waals surface area contributed by atoms with Gasteiger partial charge in [-0.25, -0.2) is 18.2 Å². The first-order valence-corrected chi connectivity index (χ1v) is 11.3. The van der Waals surface area contributed by atoms with Crippen molar-refractivity contribution in [3.63, 3.8) is 0 Å². The van der Waals surface area contributed by atoms with Crippen LogP contribution in [0.2, 0.25) is 0 Å². The molecule has 0 bridgehead atoms. The molecule has 0 aliphatic heterocycles. The number of nitrogen functional groups attached to an aromatic ring is 1. The molecule has 35 heavy (non-hydrogen) atoms. The van der Waals surface area contributed by atoms with E-state index in [-0.39, 0.29) is 30.3 Å². The largest absolute Gasteiger partial charge is 0.481 e. The van der Waals surface area contributed by atoms with Gasteiger partial charge >= 0.3 is 5.97 Å². The number of aryl methyl sites for hydroxylation is 1. The lowest BCUT2D eigenvalue weighted by atomic mass is 9.82. The van der Waals surface area contributed by atoms with Gasteiger partial charge in [-0.1, -0.05) is 0 Å². The lowest BCUT2D eigenvalue weighted by molar-refractivity contribution is -0.143. The van der Waals surface area contributed by atoms with E-state index >= 15 is 0 Å². The van der Waals surface area contributed by atoms with E-state index in [0.717, 1.165) is 0 Å². The van der Waals surface area contributed by atoms with Gasteiger partial charge in [0.25, 0.3) is 6.43 Å². The van der Waals surface area contributed by atoms with Crippen molar-refractivity contribution in [1.29, 1.82) is 0 Å². The molecule has 1 fully saturated rings. The number of anilines is 1. The predicted octanol–water partition coefficient (Wildman–Crippen LogP) is 5.44. The quantitative estimate of drug-likeness (QED) is 0.457. The molecule has 0 amide bonds. The molecule has 0 spiro atoms. The Bertz CT molecular complexity index is 1210. The van der Waals surface area contributed by atoms with Crippen molar-refractivity contribution in [2.75, 3.05) is 12.3 Å². The summed E-state index contributed by atoms with van der Waals surface area (Å²) in [7, 11) is 0. The van der Waals surface area contributed by atoms with Crippen molar-refractivity contribution in [1.82, 2.24) is 15.0 Å². The van der Waals surface area contributed by atoms with E-state index in [1.165, 1.54) is 30.3 Å². The SMILES string of the molecule is Cc1cc(-c2c(OC[C@H]3CC[C@H](C(=O)O)CC3)nc(N)nc2-c2ccc(F)cc2)cc(C(F)F)n1. The third kappa shape index (κ3) is 5.70. The smallest absolute Gasteiger partial charge is 0.306 e. The van der Waals surface area contributed by atoms with Gasteiger partial charge in [0.05, 0.1) is 23.8 Å². The third-order valence-corrected chi connectivity index (χ3v) is 6.15. The molecule has 1 saturated carbocycles. The Morgan fingerprint density at radius 3 is 2.40 bits per heavy atom. The summed E-state index contributed by atoms with van der Waals surface area (Å²) < 4.78 is 46.7. The Kier molecular flexibility index (Phi) is 7.18. The average molecular weight is 486 g/mol. The van der Waals surface area contributed by atoms with Crippen molar-refractivity contribution in [2.45, 2.75) is 39.0 Å². The summed E-state index contributed by atoms with van der Waals surface area (Å²) in [5, 5.41) is 9.22. The molecule has 2 heterocycles. The molecule has 1 aromatic carbocycles. The molecule has 7 nitrogen and oxygen atoms in total. The first-order valence-electron chi connectivity index (χ1n) is 11.3. The van der Waals surface area contributed by atoms with Crippen LogP contribution in [-0.2, 0) is 4.79 Å². The summed E-state index contributed by atoms with van der Waals surface area (Å²) in [6.07, 6.45) is -0.302. The topological polar surface area (TPSA) is 111 Å². The second kappa shape index (κ2) is 10.3. The van der Waals surface area contributed by atoms with Crippen molar-refractivity contribution < 1.29 is 27.8 Å². The number of nitrogens with zero attached hydrogens (tertiary/aromatic N) is 3. The number of hydrogen-bond donors (Lipinski definition) is 2. The Morgan fingerprint density at radius 2 is 1.77 bits per heavy atom. The summed E-state index contributed by atoms with van der Waals surface area (Å²) in [6.45, 7) is 1.86. The van der Waals surface area contributed by atoms with Crippen molar-refractivity contribution in [3.8, 4) is 28.3 Å². The Morgan fingerprint density at radius 1 is 1.09 bits per heavy atom. The summed E-state index contributed by atoms with van der Waals surface area (Å²) in [5.74, 6) is -1.44. The van der Waals surface area contributed by atoms with Gasteiger partial charge < -0.3 is 15.6 Å². The molecule has 0 unspecified atom stereocenters. The highest BCUT2D eigenvalue weighted by Gasteiger charge is 2.27. The van der Waals surface area contributed by atoms with Crippen LogP contribution in [0.5, 0.6) is 5.88 Å². The van der Waals surface area contributed by atoms with Crippen LogP contribution >= 0.6 is 0 Å². The zero-order chi connectivity index (χ0) is 25.1. The maximum Gasteiger partial charge on any atom is 0.306 e. The molecule has 1 aliphatic carbocycles. The fourth-order valence-corrected chi connectivity index (χ4v) is 4.36. The molecule has 0 radical (unpaired) electrons. The molecule has 2 aromatic heterocycles. The highest BCUT2D eigenvalue weighted by atomic mass is 19.3. The molecule has 3 N–H and O–H groups in total. The molecule has 184 valence electrons. The number of halogens is 3. The van der Waals surface area contributed by atoms with Gasteiger partial charge in [-0.3, -0.25) is 9.78 Å². The average Bonchev–Trinajstić information content (AvgIpc) is 2.82. The molecule has 0 atom stereocenters. The Hall–Kier alpha value is -3.69. The molecular weight excluding hydrogens is 461 g/mol. The van der Waals surface area contributed by atoms with E-state index in [2.05, 4.69) is 15.0 Å². The first-order chi connectivity index (χ1) is 16.7. The van der Waals surface area contributed by atoms with Crippen LogP contribution in [-0.4, -0.2) is 32.6 Å². The van der Waals surface area contributed by atoms with E-state index in [4.69, 9.17) is 10.5 Å². The molecule has 4 rings (SSSR count). The van der Waals surface area contributed by atoms with E-state index in [1.54, 1.807) is 13.0 Å². The number of hydrogen-bond acceptors (Lipinski definition) is 6. The zero-order valence-electron chi connectivity index (χ0n) is 19.0. The van der Waals surface area contributed by atoms with Gasteiger partial charge in [0.2, 0.25) is 11.8 Å². The van der Waals surface area contributed by atoms with Crippen molar-refractivity contribution >= 4 is 11.9 Å². The van der Waals surface area contributed by atoms with E-state index < -0.39 is 23.9 Å². The number of nitrogens with two attached hydrogens (primary N) is 1. The van der Waals surface area contributed by atoms with Crippen LogP contribution in [0.1, 0.15) is 43.5 Å². The van der Waals surface area contributed by atoms with Crippen LogP contribution in [0.25, 0.3) is 22.4 Å². The fraction of sp³-hybridized carbons (Fsp3) is 0.360. The minimum absolute atomic E-state index is 0.0856. The predicted molar refractivity (Wildman–Crippen MR) is 123 cm³/mol. The highest BCUT2D eigenvalue weighted by Crippen LogP contribution is 2.40. The molecular formula is C25H25F3N4O3. The van der Waals surface area contributed by atoms with Crippen LogP contribution in [0.3, 0.4) is 0 Å². The summed E-state index contributed by atoms with van der Waals surface area (Å²) in [6, 6.07) is 8.44. The zero-order valence-corrected chi connectivity index (χ0v) is 19.0. The van der Waals surface area contributed by atoms with Crippen molar-refractivity contribution in [3.05, 3.63) is 53.6 Å². The van der Waals surface area contributed by atoms with Gasteiger partial charge in [0.15, 0.2) is 0 Å². The van der Waals surface area contributed by atoms with Gasteiger partial charge in [0, 0.05) is 11.3 Å². The summed E-state index contributed by atoms with van der Waals surface area (Å²) in [5.41, 5.74) is 7.48. The van der Waals surface area contributed by atoms with Crippen LogP contribution < -0.4 is 10.5 Å². The normalized spacial score (nSPS) is 18.0. The number of carboxylic acid groups (broad SMARTS) is 1. The van der Waals surface area contributed by atoms with Gasteiger partial charge in [-0.15, -0.1) is 0 Å². The Labute approximate surface area is 200 Å². The second-order valence-corrected chi connectivity index (χ2v) is 8.71. The number of aliphatic carboxylic acids is 1. The molecule has 0 saturated heterocycles. The van der Waals surface area contributed by atoms with E-state index in [9.17, 15) is 23.1 Å². The number of pyridine rings is 1. The molecule has 3 aromatic rings. The van der Waals surface area contributed by atoms with Crippen LogP contribution in [0.4, 0.5) is 19.1 Å². The minimum Gasteiger partial charge on any atom is -0.481 e. The minimum atomic E-state index is -2.79. The summed E-state index contributed by atoms with van der Waals surface area (Å²) >= 11 is 0. The van der Waals surface area contributed by atoms with Gasteiger partial charge in [-0.05, 0) is 80.5 Å². The second-order valence-electron chi connectivity index (χ2n) is 8.71. The van der Waals surface area contributed by atoms with Gasteiger partial charge in [-0.2, -0.15) is 4.98 Å². The molecule has 1 aliphatic rings.